The molecule has 3 aliphatic carbocycles. The van der Waals surface area contributed by atoms with Gasteiger partial charge >= 0.3 is 0 Å². The monoisotopic (exact) mass is 146 g/mol. The second-order valence-electron chi connectivity index (χ2n) is 2.76. The average molecular weight is 146 g/mol. The summed E-state index contributed by atoms with van der Waals surface area (Å²) >= 11 is 0. The Kier molecular flexibility index (Phi) is 1.57. The number of hydrogen-bond donors (Lipinski definition) is 0. The van der Waals surface area contributed by atoms with Crippen molar-refractivity contribution in [2.45, 2.75) is 38.0 Å². The Bertz CT molecular complexity index is 139. The van der Waals surface area contributed by atoms with E-state index in [1.165, 1.54) is 12.2 Å². The Morgan fingerprint density at radius 2 is 1.30 bits per heavy atom. The van der Waals surface area contributed by atoms with Crippen LogP contribution in [0, 0.1) is 0 Å². The maximum atomic E-state index is 12.6. The molecule has 0 aliphatic heterocycles. The van der Waals surface area contributed by atoms with Gasteiger partial charge in [0.15, 0.2) is 0 Å². The second kappa shape index (κ2) is 2.04. The van der Waals surface area contributed by atoms with E-state index in [0.717, 1.165) is 0 Å². The molecule has 0 amide bonds. The quantitative estimate of drug-likeness (QED) is 0.461. The minimum Gasteiger partial charge on any atom is -0.239 e. The molecular weight excluding hydrogens is 134 g/mol. The molecule has 0 aromatic rings. The standard InChI is InChI=1S/C6H6F2.C2H6/c7-5-1-2-6(8,3-5)4-5;1-2/h1-2H,3-4H2;1-2H3. The third kappa shape index (κ3) is 0.957. The van der Waals surface area contributed by atoms with Crippen LogP contribution in [0.5, 0.6) is 0 Å². The number of allylic oxidation sites excluding steroid dienone is 2. The first-order valence-corrected chi connectivity index (χ1v) is 3.70. The molecule has 1 fully saturated rings. The number of halogens is 2. The van der Waals surface area contributed by atoms with E-state index >= 15 is 0 Å². The molecular formula is C8H12F2. The average Bonchev–Trinajstić information content (AvgIpc) is 2.25. The van der Waals surface area contributed by atoms with Crippen molar-refractivity contribution < 1.29 is 8.78 Å². The smallest absolute Gasteiger partial charge is 0.136 e. The van der Waals surface area contributed by atoms with Gasteiger partial charge in [-0.05, 0) is 12.2 Å². The van der Waals surface area contributed by atoms with Crippen molar-refractivity contribution in [3.8, 4) is 0 Å². The summed E-state index contributed by atoms with van der Waals surface area (Å²) in [6, 6.07) is 0. The summed E-state index contributed by atoms with van der Waals surface area (Å²) in [4.78, 5) is 0. The highest BCUT2D eigenvalue weighted by molar-refractivity contribution is 5.31. The zero-order valence-corrected chi connectivity index (χ0v) is 6.32. The second-order valence-corrected chi connectivity index (χ2v) is 2.76. The molecule has 3 aliphatic rings. The van der Waals surface area contributed by atoms with Crippen LogP contribution in [0.3, 0.4) is 0 Å². The molecule has 0 N–H and O–H groups in total. The van der Waals surface area contributed by atoms with Gasteiger partial charge in [0.2, 0.25) is 0 Å². The van der Waals surface area contributed by atoms with Crippen molar-refractivity contribution in [1.29, 1.82) is 0 Å². The summed E-state index contributed by atoms with van der Waals surface area (Å²) in [5.41, 5.74) is -2.51. The van der Waals surface area contributed by atoms with Crippen molar-refractivity contribution >= 4 is 0 Å². The van der Waals surface area contributed by atoms with Crippen LogP contribution in [-0.2, 0) is 0 Å². The summed E-state index contributed by atoms with van der Waals surface area (Å²) in [6.07, 6.45) is 2.82. The van der Waals surface area contributed by atoms with Gasteiger partial charge in [-0.3, -0.25) is 0 Å². The van der Waals surface area contributed by atoms with Crippen molar-refractivity contribution in [3.05, 3.63) is 12.2 Å². The maximum Gasteiger partial charge on any atom is 0.136 e. The van der Waals surface area contributed by atoms with Gasteiger partial charge in [0.05, 0.1) is 0 Å². The fourth-order valence-electron chi connectivity index (χ4n) is 1.46. The predicted octanol–water partition coefficient (Wildman–Crippen LogP) is 2.79. The summed E-state index contributed by atoms with van der Waals surface area (Å²) < 4.78 is 25.2. The van der Waals surface area contributed by atoms with Crippen molar-refractivity contribution in [2.24, 2.45) is 0 Å². The van der Waals surface area contributed by atoms with E-state index in [0.29, 0.717) is 0 Å². The first kappa shape index (κ1) is 7.70. The SMILES string of the molecule is CC.FC12C=CC(F)(C1)C2. The molecule has 2 heteroatoms. The van der Waals surface area contributed by atoms with Crippen molar-refractivity contribution in [2.75, 3.05) is 0 Å². The Morgan fingerprint density at radius 3 is 1.40 bits per heavy atom. The van der Waals surface area contributed by atoms with Gasteiger partial charge in [0, 0.05) is 12.8 Å². The predicted molar refractivity (Wildman–Crippen MR) is 37.4 cm³/mol. The van der Waals surface area contributed by atoms with Crippen LogP contribution in [0.15, 0.2) is 12.2 Å². The van der Waals surface area contributed by atoms with Gasteiger partial charge in [0.1, 0.15) is 11.3 Å². The van der Waals surface area contributed by atoms with Gasteiger partial charge in [-0.15, -0.1) is 0 Å². The lowest BCUT2D eigenvalue weighted by Gasteiger charge is -2.35. The Morgan fingerprint density at radius 1 is 1.00 bits per heavy atom. The molecule has 0 nitrogen and oxygen atoms in total. The van der Waals surface area contributed by atoms with E-state index in [-0.39, 0.29) is 12.8 Å². The third-order valence-electron chi connectivity index (χ3n) is 1.86. The van der Waals surface area contributed by atoms with Gasteiger partial charge in [0.25, 0.3) is 0 Å². The molecule has 10 heavy (non-hydrogen) atoms. The lowest BCUT2D eigenvalue weighted by Crippen LogP contribution is -2.42. The highest BCUT2D eigenvalue weighted by atomic mass is 19.2. The first-order valence-electron chi connectivity index (χ1n) is 3.70. The zero-order chi connectivity index (χ0) is 7.83. The molecule has 58 valence electrons. The van der Waals surface area contributed by atoms with Crippen LogP contribution in [0.4, 0.5) is 8.78 Å². The molecule has 0 radical (unpaired) electrons. The molecule has 3 rings (SSSR count). The minimum absolute atomic E-state index is 0.0694. The topological polar surface area (TPSA) is 0 Å². The van der Waals surface area contributed by atoms with Crippen LogP contribution in [0.25, 0.3) is 0 Å². The van der Waals surface area contributed by atoms with Crippen LogP contribution >= 0.6 is 0 Å². The molecule has 0 aromatic heterocycles. The van der Waals surface area contributed by atoms with E-state index in [1.807, 2.05) is 13.8 Å². The number of hydrogen-bond acceptors (Lipinski definition) is 0. The Hall–Kier alpha value is -0.400. The van der Waals surface area contributed by atoms with Gasteiger partial charge in [-0.2, -0.15) is 0 Å². The molecule has 0 aromatic carbocycles. The largest absolute Gasteiger partial charge is 0.239 e. The van der Waals surface area contributed by atoms with Gasteiger partial charge in [-0.25, -0.2) is 8.78 Å². The zero-order valence-electron chi connectivity index (χ0n) is 6.32. The minimum atomic E-state index is -1.26. The van der Waals surface area contributed by atoms with Gasteiger partial charge in [-0.1, -0.05) is 13.8 Å². The molecule has 0 heterocycles. The van der Waals surface area contributed by atoms with Crippen molar-refractivity contribution in [3.63, 3.8) is 0 Å². The maximum absolute atomic E-state index is 12.6. The van der Waals surface area contributed by atoms with Crippen LogP contribution in [0.1, 0.15) is 26.7 Å². The van der Waals surface area contributed by atoms with Crippen molar-refractivity contribution in [1.82, 2.24) is 0 Å². The fraction of sp³-hybridized carbons (Fsp3) is 0.750. The lowest BCUT2D eigenvalue weighted by molar-refractivity contribution is -0.000762. The van der Waals surface area contributed by atoms with E-state index in [2.05, 4.69) is 0 Å². The molecule has 2 bridgehead atoms. The highest BCUT2D eigenvalue weighted by Gasteiger charge is 2.58. The Balaban J connectivity index is 0.000000231. The highest BCUT2D eigenvalue weighted by Crippen LogP contribution is 2.54. The molecule has 0 spiro atoms. The van der Waals surface area contributed by atoms with E-state index in [9.17, 15) is 8.78 Å². The summed E-state index contributed by atoms with van der Waals surface area (Å²) in [7, 11) is 0. The first-order chi connectivity index (χ1) is 4.62. The summed E-state index contributed by atoms with van der Waals surface area (Å²) in [6.45, 7) is 4.00. The van der Waals surface area contributed by atoms with Crippen LogP contribution in [0.2, 0.25) is 0 Å². The molecule has 0 unspecified atom stereocenters. The number of rotatable bonds is 0. The van der Waals surface area contributed by atoms with Crippen LogP contribution in [-0.4, -0.2) is 11.3 Å². The molecule has 1 saturated carbocycles. The molecule has 0 saturated heterocycles. The van der Waals surface area contributed by atoms with E-state index in [4.69, 9.17) is 0 Å². The van der Waals surface area contributed by atoms with Gasteiger partial charge < -0.3 is 0 Å². The number of alkyl halides is 2. The lowest BCUT2D eigenvalue weighted by atomic mass is 9.78. The van der Waals surface area contributed by atoms with Crippen LogP contribution < -0.4 is 0 Å². The summed E-state index contributed by atoms with van der Waals surface area (Å²) in [5, 5.41) is 0. The fourth-order valence-corrected chi connectivity index (χ4v) is 1.46. The molecule has 0 atom stereocenters. The Labute approximate surface area is 59.9 Å². The normalized spacial score (nSPS) is 47.6. The third-order valence-corrected chi connectivity index (χ3v) is 1.86. The van der Waals surface area contributed by atoms with E-state index < -0.39 is 11.3 Å². The summed E-state index contributed by atoms with van der Waals surface area (Å²) in [5.74, 6) is 0. The van der Waals surface area contributed by atoms with E-state index in [1.54, 1.807) is 0 Å².